The van der Waals surface area contributed by atoms with E-state index in [0.29, 0.717) is 11.9 Å². The van der Waals surface area contributed by atoms with Gasteiger partial charge in [0.25, 0.3) is 0 Å². The molecule has 0 aromatic carbocycles. The molecular weight excluding hydrogens is 414 g/mol. The van der Waals surface area contributed by atoms with Gasteiger partial charge in [0.05, 0.1) is 5.69 Å². The highest BCUT2D eigenvalue weighted by Crippen LogP contribution is 2.35. The lowest BCUT2D eigenvalue weighted by molar-refractivity contribution is -0.132. The number of aromatic nitrogens is 4. The van der Waals surface area contributed by atoms with Crippen molar-refractivity contribution >= 4 is 23.5 Å². The third-order valence-corrected chi connectivity index (χ3v) is 7.68. The van der Waals surface area contributed by atoms with Crippen molar-refractivity contribution < 1.29 is 4.79 Å². The molecule has 1 saturated carbocycles. The molecule has 0 spiro atoms. The van der Waals surface area contributed by atoms with E-state index in [2.05, 4.69) is 26.5 Å². The van der Waals surface area contributed by atoms with Crippen molar-refractivity contribution in [1.82, 2.24) is 25.1 Å². The lowest BCUT2D eigenvalue weighted by Crippen LogP contribution is -2.46. The van der Waals surface area contributed by atoms with Crippen LogP contribution in [0.3, 0.4) is 0 Å². The topological polar surface area (TPSA) is 90.0 Å². The number of nitrogens with one attached hydrogen (secondary N) is 2. The molecule has 1 unspecified atom stereocenters. The molecular formula is C25H37N7O. The monoisotopic (exact) mass is 451 g/mol. The van der Waals surface area contributed by atoms with Crippen LogP contribution in [0.4, 0.5) is 17.6 Å². The molecule has 2 fully saturated rings. The van der Waals surface area contributed by atoms with Crippen molar-refractivity contribution in [3.63, 3.8) is 0 Å². The Morgan fingerprint density at radius 1 is 1.09 bits per heavy atom. The summed E-state index contributed by atoms with van der Waals surface area (Å²) >= 11 is 0. The van der Waals surface area contributed by atoms with Crippen molar-refractivity contribution in [3.05, 3.63) is 23.0 Å². The van der Waals surface area contributed by atoms with Crippen LogP contribution in [0, 0.1) is 0 Å². The van der Waals surface area contributed by atoms with Gasteiger partial charge >= 0.3 is 0 Å². The van der Waals surface area contributed by atoms with Crippen molar-refractivity contribution in [2.45, 2.75) is 90.0 Å². The second-order valence-corrected chi connectivity index (χ2v) is 9.68. The molecule has 0 bridgehead atoms. The molecule has 178 valence electrons. The van der Waals surface area contributed by atoms with Gasteiger partial charge in [-0.25, -0.2) is 4.98 Å². The second-order valence-electron chi connectivity index (χ2n) is 9.68. The van der Waals surface area contributed by atoms with E-state index >= 15 is 0 Å². The predicted octanol–water partition coefficient (Wildman–Crippen LogP) is 4.32. The fourth-order valence-electron chi connectivity index (χ4n) is 5.79. The number of carbonyl (C=O) groups excluding carboxylic acids is 1. The molecule has 33 heavy (non-hydrogen) atoms. The van der Waals surface area contributed by atoms with Crippen molar-refractivity contribution in [1.29, 1.82) is 0 Å². The number of carbonyl (C=O) groups is 1. The zero-order valence-corrected chi connectivity index (χ0v) is 20.1. The Kier molecular flexibility index (Phi) is 6.51. The quantitative estimate of drug-likeness (QED) is 0.652. The Balaban J connectivity index is 1.43. The third-order valence-electron chi connectivity index (χ3n) is 7.68. The van der Waals surface area contributed by atoms with Crippen molar-refractivity contribution in [2.24, 2.45) is 0 Å². The van der Waals surface area contributed by atoms with Gasteiger partial charge in [-0.1, -0.05) is 12.8 Å². The summed E-state index contributed by atoms with van der Waals surface area (Å²) < 4.78 is 0. The van der Waals surface area contributed by atoms with Crippen LogP contribution < -0.4 is 10.2 Å². The molecule has 5 rings (SSSR count). The van der Waals surface area contributed by atoms with Crippen molar-refractivity contribution in [2.75, 3.05) is 29.9 Å². The largest absolute Gasteiger partial charge is 0.341 e. The molecule has 1 aliphatic heterocycles. The van der Waals surface area contributed by atoms with E-state index in [1.165, 1.54) is 36.9 Å². The minimum absolute atomic E-state index is 0.168. The van der Waals surface area contributed by atoms with E-state index in [4.69, 9.17) is 9.97 Å². The van der Waals surface area contributed by atoms with E-state index in [1.807, 2.05) is 18.7 Å². The summed E-state index contributed by atoms with van der Waals surface area (Å²) in [6, 6.07) is 1.98. The Morgan fingerprint density at radius 2 is 1.88 bits per heavy atom. The number of aryl methyl sites for hydroxylation is 1. The molecule has 0 radical (unpaired) electrons. The number of rotatable bonds is 7. The SMILES string of the molecule is CCN(CC)C(=O)C1CCCN1c1nc2c(c(Nc3cc(C4CCCC4)[nH]n3)n1)CCCC2. The maximum Gasteiger partial charge on any atom is 0.245 e. The first-order valence-electron chi connectivity index (χ1n) is 13.0. The summed E-state index contributed by atoms with van der Waals surface area (Å²) in [5, 5.41) is 11.3. The molecule has 2 N–H and O–H groups in total. The number of anilines is 3. The number of hydrogen-bond acceptors (Lipinski definition) is 6. The summed E-state index contributed by atoms with van der Waals surface area (Å²) in [4.78, 5) is 27.2. The van der Waals surface area contributed by atoms with Gasteiger partial charge in [0.15, 0.2) is 5.82 Å². The van der Waals surface area contributed by atoms with E-state index in [-0.39, 0.29) is 11.9 Å². The van der Waals surface area contributed by atoms with Gasteiger partial charge in [0.1, 0.15) is 11.9 Å². The fourth-order valence-corrected chi connectivity index (χ4v) is 5.79. The zero-order valence-electron chi connectivity index (χ0n) is 20.1. The van der Waals surface area contributed by atoms with Gasteiger partial charge in [0, 0.05) is 42.9 Å². The Hall–Kier alpha value is -2.64. The second kappa shape index (κ2) is 9.69. The summed E-state index contributed by atoms with van der Waals surface area (Å²) in [6.07, 6.45) is 11.2. The highest BCUT2D eigenvalue weighted by molar-refractivity contribution is 5.85. The van der Waals surface area contributed by atoms with Crippen LogP contribution in [0.2, 0.25) is 0 Å². The van der Waals surface area contributed by atoms with E-state index < -0.39 is 0 Å². The van der Waals surface area contributed by atoms with Crippen LogP contribution in [0.1, 0.15) is 88.1 Å². The molecule has 1 saturated heterocycles. The first-order chi connectivity index (χ1) is 16.2. The molecule has 2 aromatic rings. The molecule has 3 heterocycles. The first-order valence-corrected chi connectivity index (χ1v) is 13.0. The van der Waals surface area contributed by atoms with Gasteiger partial charge in [-0.15, -0.1) is 0 Å². The zero-order chi connectivity index (χ0) is 22.8. The summed E-state index contributed by atoms with van der Waals surface area (Å²) in [7, 11) is 0. The number of hydrogen-bond donors (Lipinski definition) is 2. The number of fused-ring (bicyclic) bond motifs is 1. The number of aromatic amines is 1. The first kappa shape index (κ1) is 22.2. The highest BCUT2D eigenvalue weighted by atomic mass is 16.2. The predicted molar refractivity (Wildman–Crippen MR) is 130 cm³/mol. The van der Waals surface area contributed by atoms with Gasteiger partial charge in [-0.05, 0) is 65.2 Å². The molecule has 1 atom stereocenters. The average molecular weight is 452 g/mol. The minimum atomic E-state index is -0.168. The maximum absolute atomic E-state index is 13.2. The van der Waals surface area contributed by atoms with E-state index in [9.17, 15) is 4.79 Å². The fraction of sp³-hybridized carbons (Fsp3) is 0.680. The van der Waals surface area contributed by atoms with Crippen LogP contribution in [-0.2, 0) is 17.6 Å². The normalized spacial score (nSPS) is 20.8. The van der Waals surface area contributed by atoms with Crippen LogP contribution in [0.15, 0.2) is 6.07 Å². The molecule has 3 aliphatic rings. The maximum atomic E-state index is 13.2. The molecule has 8 heteroatoms. The van der Waals surface area contributed by atoms with Crippen LogP contribution >= 0.6 is 0 Å². The van der Waals surface area contributed by atoms with Gasteiger partial charge in [0.2, 0.25) is 11.9 Å². The number of H-pyrrole nitrogens is 1. The Labute approximate surface area is 196 Å². The number of likely N-dealkylation sites (N-methyl/N-ethyl adjacent to an activating group) is 1. The molecule has 2 aliphatic carbocycles. The van der Waals surface area contributed by atoms with Gasteiger partial charge in [-0.3, -0.25) is 9.89 Å². The highest BCUT2D eigenvalue weighted by Gasteiger charge is 2.35. The molecule has 8 nitrogen and oxygen atoms in total. The lowest BCUT2D eigenvalue weighted by Gasteiger charge is -2.30. The van der Waals surface area contributed by atoms with E-state index in [0.717, 1.165) is 75.5 Å². The van der Waals surface area contributed by atoms with E-state index in [1.54, 1.807) is 0 Å². The summed E-state index contributed by atoms with van der Waals surface area (Å²) in [5.74, 6) is 3.17. The smallest absolute Gasteiger partial charge is 0.245 e. The van der Waals surface area contributed by atoms with Crippen LogP contribution in [-0.4, -0.2) is 56.6 Å². The van der Waals surface area contributed by atoms with Crippen LogP contribution in [0.5, 0.6) is 0 Å². The van der Waals surface area contributed by atoms with Crippen LogP contribution in [0.25, 0.3) is 0 Å². The minimum Gasteiger partial charge on any atom is -0.341 e. The van der Waals surface area contributed by atoms with Gasteiger partial charge in [-0.2, -0.15) is 10.1 Å². The summed E-state index contributed by atoms with van der Waals surface area (Å²) in [5.41, 5.74) is 3.56. The third kappa shape index (κ3) is 4.44. The van der Waals surface area contributed by atoms with Gasteiger partial charge < -0.3 is 15.1 Å². The lowest BCUT2D eigenvalue weighted by atomic mass is 9.96. The molecule has 1 amide bonds. The van der Waals surface area contributed by atoms with Crippen molar-refractivity contribution in [3.8, 4) is 0 Å². The summed E-state index contributed by atoms with van der Waals surface area (Å²) in [6.45, 7) is 6.38. The average Bonchev–Trinajstić information content (AvgIpc) is 3.61. The number of nitrogens with zero attached hydrogens (tertiary/aromatic N) is 5. The standard InChI is InChI=1S/C25H37N7O/c1-3-31(4-2)24(33)21-14-9-15-32(21)25-26-19-13-8-7-12-18(19)23(28-25)27-22-16-20(29-30-22)17-10-5-6-11-17/h16-17,21H,3-15H2,1-2H3,(H2,26,27,28,29,30). The Morgan fingerprint density at radius 3 is 2.67 bits per heavy atom. The molecule has 2 aromatic heterocycles. The number of amides is 1. The Bertz CT molecular complexity index is 977.